The molecule has 0 aliphatic rings. The molecule has 130 valence electrons. The lowest BCUT2D eigenvalue weighted by atomic mass is 10.1. The first-order chi connectivity index (χ1) is 12.2. The largest absolute Gasteiger partial charge is 0.350 e. The quantitative estimate of drug-likeness (QED) is 0.680. The van der Waals surface area contributed by atoms with Crippen molar-refractivity contribution in [3.8, 4) is 0 Å². The Morgan fingerprint density at radius 2 is 2.08 bits per heavy atom. The van der Waals surface area contributed by atoms with E-state index in [1.807, 2.05) is 42.3 Å². The zero-order chi connectivity index (χ0) is 17.6. The summed E-state index contributed by atoms with van der Waals surface area (Å²) >= 11 is 0. The second-order valence-electron chi connectivity index (χ2n) is 5.91. The van der Waals surface area contributed by atoms with Crippen LogP contribution in [0.3, 0.4) is 0 Å². The predicted octanol–water partition coefficient (Wildman–Crippen LogP) is 1.24. The van der Waals surface area contributed by atoms with E-state index in [9.17, 15) is 4.79 Å². The molecule has 2 aromatic heterocycles. The van der Waals surface area contributed by atoms with Gasteiger partial charge < -0.3 is 10.6 Å². The molecule has 7 heteroatoms. The van der Waals surface area contributed by atoms with Gasteiger partial charge in [-0.1, -0.05) is 24.3 Å². The maximum absolute atomic E-state index is 12.5. The zero-order valence-electron chi connectivity index (χ0n) is 14.4. The molecule has 25 heavy (non-hydrogen) atoms. The fourth-order valence-corrected chi connectivity index (χ4v) is 2.75. The number of aryl methyl sites for hydroxylation is 1. The van der Waals surface area contributed by atoms with Crippen molar-refractivity contribution in [1.82, 2.24) is 30.2 Å². The molecule has 0 aliphatic carbocycles. The number of rotatable bonds is 7. The van der Waals surface area contributed by atoms with Gasteiger partial charge in [0.05, 0.1) is 12.7 Å². The van der Waals surface area contributed by atoms with Crippen molar-refractivity contribution < 1.29 is 4.79 Å². The molecule has 0 saturated heterocycles. The lowest BCUT2D eigenvalue weighted by molar-refractivity contribution is -0.123. The fraction of sp³-hybridized carbons (Fsp3) is 0.278. The van der Waals surface area contributed by atoms with Gasteiger partial charge in [-0.3, -0.25) is 14.2 Å². The third-order valence-corrected chi connectivity index (χ3v) is 3.97. The van der Waals surface area contributed by atoms with E-state index in [4.69, 9.17) is 0 Å². The van der Waals surface area contributed by atoms with Crippen molar-refractivity contribution in [2.75, 3.05) is 7.05 Å². The van der Waals surface area contributed by atoms with Crippen LogP contribution in [0.25, 0.3) is 0 Å². The molecule has 2 N–H and O–H groups in total. The number of likely N-dealkylation sites (N-methyl/N-ethyl adjacent to an activating group) is 1. The smallest absolute Gasteiger partial charge is 0.242 e. The van der Waals surface area contributed by atoms with E-state index in [0.29, 0.717) is 13.1 Å². The number of aromatic nitrogens is 4. The highest BCUT2D eigenvalue weighted by molar-refractivity contribution is 5.83. The highest BCUT2D eigenvalue weighted by Crippen LogP contribution is 2.12. The minimum absolute atomic E-state index is 0.0759. The number of hydrogen-bond acceptors (Lipinski definition) is 4. The molecule has 1 atom stereocenters. The van der Waals surface area contributed by atoms with Crippen molar-refractivity contribution in [2.45, 2.75) is 19.1 Å². The Morgan fingerprint density at radius 3 is 2.76 bits per heavy atom. The van der Waals surface area contributed by atoms with E-state index in [0.717, 1.165) is 16.7 Å². The Bertz CT molecular complexity index is 824. The van der Waals surface area contributed by atoms with Gasteiger partial charge in [0, 0.05) is 37.7 Å². The summed E-state index contributed by atoms with van der Waals surface area (Å²) in [7, 11) is 3.60. The van der Waals surface area contributed by atoms with Crippen molar-refractivity contribution in [1.29, 1.82) is 0 Å². The van der Waals surface area contributed by atoms with Crippen LogP contribution in [0.5, 0.6) is 0 Å². The second kappa shape index (κ2) is 7.76. The van der Waals surface area contributed by atoms with Gasteiger partial charge in [0.2, 0.25) is 5.91 Å². The standard InChI is InChI=1S/C18H22N6O/c1-19-17(16-11-22-23(2)13-16)18(25)20-10-14-5-3-6-15(9-14)12-24-8-4-7-21-24/h3-9,11,13,17,19H,10,12H2,1-2H3,(H,20,25). The predicted molar refractivity (Wildman–Crippen MR) is 94.6 cm³/mol. The summed E-state index contributed by atoms with van der Waals surface area (Å²) in [5.41, 5.74) is 3.04. The average Bonchev–Trinajstić information content (AvgIpc) is 3.26. The molecule has 1 amide bonds. The van der Waals surface area contributed by atoms with E-state index in [1.165, 1.54) is 0 Å². The third-order valence-electron chi connectivity index (χ3n) is 3.97. The first-order valence-electron chi connectivity index (χ1n) is 8.14. The summed E-state index contributed by atoms with van der Waals surface area (Å²) < 4.78 is 3.56. The molecule has 3 aromatic rings. The maximum Gasteiger partial charge on any atom is 0.242 e. The van der Waals surface area contributed by atoms with Crippen LogP contribution in [0.4, 0.5) is 0 Å². The Balaban J connectivity index is 1.61. The number of hydrogen-bond donors (Lipinski definition) is 2. The number of nitrogens with one attached hydrogen (secondary N) is 2. The topological polar surface area (TPSA) is 76.8 Å². The van der Waals surface area contributed by atoms with Crippen molar-refractivity contribution in [2.24, 2.45) is 7.05 Å². The molecule has 0 saturated carbocycles. The minimum Gasteiger partial charge on any atom is -0.350 e. The molecule has 0 bridgehead atoms. The highest BCUT2D eigenvalue weighted by Gasteiger charge is 2.19. The van der Waals surface area contributed by atoms with Crippen LogP contribution in [0.2, 0.25) is 0 Å². The SMILES string of the molecule is CNC(C(=O)NCc1cccc(Cn2cccn2)c1)c1cnn(C)c1. The maximum atomic E-state index is 12.5. The van der Waals surface area contributed by atoms with E-state index < -0.39 is 6.04 Å². The molecular weight excluding hydrogens is 316 g/mol. The van der Waals surface area contributed by atoms with Crippen LogP contribution >= 0.6 is 0 Å². The number of nitrogens with zero attached hydrogens (tertiary/aromatic N) is 4. The molecule has 0 spiro atoms. The average molecular weight is 338 g/mol. The molecule has 0 radical (unpaired) electrons. The third kappa shape index (κ3) is 4.33. The van der Waals surface area contributed by atoms with E-state index in [2.05, 4.69) is 33.0 Å². The summed E-state index contributed by atoms with van der Waals surface area (Å²) in [6.45, 7) is 1.19. The molecule has 1 unspecified atom stereocenters. The zero-order valence-corrected chi connectivity index (χ0v) is 14.4. The number of carbonyl (C=O) groups excluding carboxylic acids is 1. The van der Waals surface area contributed by atoms with Crippen LogP contribution in [-0.4, -0.2) is 32.5 Å². The van der Waals surface area contributed by atoms with Gasteiger partial charge >= 0.3 is 0 Å². The molecule has 7 nitrogen and oxygen atoms in total. The Hall–Kier alpha value is -2.93. The molecule has 3 rings (SSSR count). The minimum atomic E-state index is -0.416. The van der Waals surface area contributed by atoms with Crippen molar-refractivity contribution >= 4 is 5.91 Å². The fourth-order valence-electron chi connectivity index (χ4n) is 2.75. The van der Waals surface area contributed by atoms with E-state index in [-0.39, 0.29) is 5.91 Å². The molecule has 0 fully saturated rings. The summed E-state index contributed by atoms with van der Waals surface area (Å²) in [5.74, 6) is -0.0759. The lowest BCUT2D eigenvalue weighted by Crippen LogP contribution is -2.35. The van der Waals surface area contributed by atoms with E-state index in [1.54, 1.807) is 24.1 Å². The molecule has 2 heterocycles. The van der Waals surface area contributed by atoms with Crippen LogP contribution in [-0.2, 0) is 24.9 Å². The van der Waals surface area contributed by atoms with Gasteiger partial charge in [0.15, 0.2) is 0 Å². The first-order valence-corrected chi connectivity index (χ1v) is 8.14. The number of amides is 1. The lowest BCUT2D eigenvalue weighted by Gasteiger charge is -2.15. The molecule has 1 aromatic carbocycles. The monoisotopic (exact) mass is 338 g/mol. The van der Waals surface area contributed by atoms with Gasteiger partial charge in [0.1, 0.15) is 6.04 Å². The molecular formula is C18H22N6O. The van der Waals surface area contributed by atoms with Crippen LogP contribution in [0.1, 0.15) is 22.7 Å². The second-order valence-corrected chi connectivity index (χ2v) is 5.91. The highest BCUT2D eigenvalue weighted by atomic mass is 16.2. The van der Waals surface area contributed by atoms with Gasteiger partial charge in [0.25, 0.3) is 0 Å². The summed E-state index contributed by atoms with van der Waals surface area (Å²) in [4.78, 5) is 12.5. The summed E-state index contributed by atoms with van der Waals surface area (Å²) in [5, 5.41) is 14.4. The van der Waals surface area contributed by atoms with Crippen LogP contribution in [0, 0.1) is 0 Å². The Kier molecular flexibility index (Phi) is 5.25. The van der Waals surface area contributed by atoms with Gasteiger partial charge in [-0.25, -0.2) is 0 Å². The Morgan fingerprint density at radius 1 is 1.24 bits per heavy atom. The number of benzene rings is 1. The van der Waals surface area contributed by atoms with Crippen molar-refractivity contribution in [3.05, 3.63) is 71.8 Å². The Labute approximate surface area is 146 Å². The number of carbonyl (C=O) groups is 1. The van der Waals surface area contributed by atoms with Gasteiger partial charge in [-0.05, 0) is 24.2 Å². The first kappa shape index (κ1) is 16.9. The van der Waals surface area contributed by atoms with Crippen LogP contribution in [0.15, 0.2) is 55.1 Å². The normalized spacial score (nSPS) is 12.1. The van der Waals surface area contributed by atoms with Gasteiger partial charge in [-0.2, -0.15) is 10.2 Å². The molecule has 0 aliphatic heterocycles. The van der Waals surface area contributed by atoms with Crippen LogP contribution < -0.4 is 10.6 Å². The van der Waals surface area contributed by atoms with Crippen molar-refractivity contribution in [3.63, 3.8) is 0 Å². The van der Waals surface area contributed by atoms with Gasteiger partial charge in [-0.15, -0.1) is 0 Å². The summed E-state index contributed by atoms with van der Waals surface area (Å²) in [6, 6.07) is 9.63. The summed E-state index contributed by atoms with van der Waals surface area (Å²) in [6.07, 6.45) is 7.23. The van der Waals surface area contributed by atoms with E-state index >= 15 is 0 Å².